The van der Waals surface area contributed by atoms with Crippen LogP contribution in [0, 0.1) is 0 Å². The summed E-state index contributed by atoms with van der Waals surface area (Å²) in [5.74, 6) is -0.216. The molecule has 0 aliphatic carbocycles. The Morgan fingerprint density at radius 1 is 1.56 bits per heavy atom. The standard InChI is InChI=1S/C6H13NO2/c1-6(8)9-5-3-2-4-7/h2-5,7H2,1H3. The Hall–Kier alpha value is -0.570. The third-order valence-corrected chi connectivity index (χ3v) is 0.904. The summed E-state index contributed by atoms with van der Waals surface area (Å²) < 4.78 is 4.65. The summed E-state index contributed by atoms with van der Waals surface area (Å²) in [6, 6.07) is 0. The van der Waals surface area contributed by atoms with E-state index in [0.717, 1.165) is 12.8 Å². The van der Waals surface area contributed by atoms with Gasteiger partial charge >= 0.3 is 5.97 Å². The van der Waals surface area contributed by atoms with Crippen molar-refractivity contribution < 1.29 is 9.53 Å². The van der Waals surface area contributed by atoms with E-state index in [9.17, 15) is 4.79 Å². The number of esters is 1. The van der Waals surface area contributed by atoms with Crippen LogP contribution in [0.3, 0.4) is 0 Å². The summed E-state index contributed by atoms with van der Waals surface area (Å²) >= 11 is 0. The van der Waals surface area contributed by atoms with Gasteiger partial charge < -0.3 is 10.5 Å². The van der Waals surface area contributed by atoms with Gasteiger partial charge in [-0.1, -0.05) is 0 Å². The second-order valence-electron chi connectivity index (χ2n) is 1.84. The van der Waals surface area contributed by atoms with Crippen LogP contribution in [0.2, 0.25) is 0 Å². The second-order valence-corrected chi connectivity index (χ2v) is 1.84. The van der Waals surface area contributed by atoms with Gasteiger partial charge in [0.15, 0.2) is 0 Å². The van der Waals surface area contributed by atoms with Crippen LogP contribution >= 0.6 is 0 Å². The predicted molar refractivity (Wildman–Crippen MR) is 34.9 cm³/mol. The molecule has 0 aromatic heterocycles. The molecular formula is C6H13NO2. The molecule has 0 unspecified atom stereocenters. The molecule has 0 saturated heterocycles. The highest BCUT2D eigenvalue weighted by molar-refractivity contribution is 5.65. The zero-order valence-corrected chi connectivity index (χ0v) is 5.72. The first-order valence-electron chi connectivity index (χ1n) is 3.11. The lowest BCUT2D eigenvalue weighted by Crippen LogP contribution is -2.04. The Morgan fingerprint density at radius 3 is 2.67 bits per heavy atom. The molecule has 54 valence electrons. The van der Waals surface area contributed by atoms with Crippen LogP contribution in [0.5, 0.6) is 0 Å². The minimum absolute atomic E-state index is 0.216. The Morgan fingerprint density at radius 2 is 2.22 bits per heavy atom. The van der Waals surface area contributed by atoms with Gasteiger partial charge in [0.2, 0.25) is 0 Å². The highest BCUT2D eigenvalue weighted by atomic mass is 16.5. The molecule has 0 fully saturated rings. The Labute approximate surface area is 55.2 Å². The first-order valence-corrected chi connectivity index (χ1v) is 3.11. The van der Waals surface area contributed by atoms with E-state index >= 15 is 0 Å². The van der Waals surface area contributed by atoms with Gasteiger partial charge in [-0.3, -0.25) is 4.79 Å². The molecule has 0 rings (SSSR count). The molecule has 2 N–H and O–H groups in total. The normalized spacial score (nSPS) is 9.11. The van der Waals surface area contributed by atoms with Crippen molar-refractivity contribution in [3.05, 3.63) is 0 Å². The zero-order chi connectivity index (χ0) is 7.11. The Balaban J connectivity index is 2.83. The van der Waals surface area contributed by atoms with E-state index in [1.165, 1.54) is 6.92 Å². The van der Waals surface area contributed by atoms with Gasteiger partial charge in [-0.15, -0.1) is 0 Å². The molecule has 3 nitrogen and oxygen atoms in total. The van der Waals surface area contributed by atoms with E-state index in [0.29, 0.717) is 13.2 Å². The Kier molecular flexibility index (Phi) is 5.21. The third-order valence-electron chi connectivity index (χ3n) is 0.904. The van der Waals surface area contributed by atoms with Gasteiger partial charge in [-0.25, -0.2) is 0 Å². The maximum Gasteiger partial charge on any atom is 0.302 e. The van der Waals surface area contributed by atoms with E-state index in [1.54, 1.807) is 0 Å². The largest absolute Gasteiger partial charge is 0.466 e. The summed E-state index contributed by atoms with van der Waals surface area (Å²) in [7, 11) is 0. The van der Waals surface area contributed by atoms with Crippen LogP contribution < -0.4 is 5.73 Å². The lowest BCUT2D eigenvalue weighted by Gasteiger charge is -1.98. The minimum Gasteiger partial charge on any atom is -0.466 e. The van der Waals surface area contributed by atoms with Crippen molar-refractivity contribution >= 4 is 5.97 Å². The van der Waals surface area contributed by atoms with Crippen molar-refractivity contribution in [1.29, 1.82) is 0 Å². The van der Waals surface area contributed by atoms with Gasteiger partial charge in [0.05, 0.1) is 6.61 Å². The van der Waals surface area contributed by atoms with E-state index in [-0.39, 0.29) is 5.97 Å². The lowest BCUT2D eigenvalue weighted by atomic mass is 10.3. The van der Waals surface area contributed by atoms with Crippen LogP contribution in [0.15, 0.2) is 0 Å². The molecular weight excluding hydrogens is 118 g/mol. The van der Waals surface area contributed by atoms with Crippen molar-refractivity contribution in [2.24, 2.45) is 5.73 Å². The number of ether oxygens (including phenoxy) is 1. The summed E-state index contributed by atoms with van der Waals surface area (Å²) in [5, 5.41) is 0. The fourth-order valence-corrected chi connectivity index (χ4v) is 0.462. The number of carbonyl (C=O) groups excluding carboxylic acids is 1. The SMILES string of the molecule is CC(=O)OCCCCN. The van der Waals surface area contributed by atoms with Crippen LogP contribution in [0.4, 0.5) is 0 Å². The highest BCUT2D eigenvalue weighted by Gasteiger charge is 1.89. The van der Waals surface area contributed by atoms with Crippen molar-refractivity contribution in [2.75, 3.05) is 13.2 Å². The molecule has 0 heterocycles. The van der Waals surface area contributed by atoms with E-state index in [1.807, 2.05) is 0 Å². The fourth-order valence-electron chi connectivity index (χ4n) is 0.462. The third kappa shape index (κ3) is 7.43. The molecule has 0 aromatic rings. The van der Waals surface area contributed by atoms with Crippen molar-refractivity contribution in [3.63, 3.8) is 0 Å². The average Bonchev–Trinajstić information content (AvgIpc) is 1.80. The molecule has 0 atom stereocenters. The second kappa shape index (κ2) is 5.56. The van der Waals surface area contributed by atoms with Gasteiger partial charge in [-0.2, -0.15) is 0 Å². The highest BCUT2D eigenvalue weighted by Crippen LogP contribution is 1.86. The van der Waals surface area contributed by atoms with E-state index in [4.69, 9.17) is 5.73 Å². The van der Waals surface area contributed by atoms with E-state index in [2.05, 4.69) is 4.74 Å². The van der Waals surface area contributed by atoms with Crippen molar-refractivity contribution in [3.8, 4) is 0 Å². The maximum absolute atomic E-state index is 10.2. The molecule has 0 aromatic carbocycles. The van der Waals surface area contributed by atoms with Crippen LogP contribution in [0.25, 0.3) is 0 Å². The van der Waals surface area contributed by atoms with Crippen LogP contribution in [-0.2, 0) is 9.53 Å². The number of unbranched alkanes of at least 4 members (excludes halogenated alkanes) is 1. The average molecular weight is 131 g/mol. The summed E-state index contributed by atoms with van der Waals surface area (Å²) in [6.07, 6.45) is 1.80. The summed E-state index contributed by atoms with van der Waals surface area (Å²) in [5.41, 5.74) is 5.20. The minimum atomic E-state index is -0.216. The summed E-state index contributed by atoms with van der Waals surface area (Å²) in [6.45, 7) is 2.58. The fraction of sp³-hybridized carbons (Fsp3) is 0.833. The Bertz CT molecular complexity index is 83.1. The molecule has 0 radical (unpaired) electrons. The van der Waals surface area contributed by atoms with Gasteiger partial charge in [0.25, 0.3) is 0 Å². The lowest BCUT2D eigenvalue weighted by molar-refractivity contribution is -0.141. The number of hydrogen-bond donors (Lipinski definition) is 1. The van der Waals surface area contributed by atoms with Crippen molar-refractivity contribution in [2.45, 2.75) is 19.8 Å². The quantitative estimate of drug-likeness (QED) is 0.440. The molecule has 0 aliphatic heterocycles. The molecule has 0 spiro atoms. The van der Waals surface area contributed by atoms with Gasteiger partial charge in [0, 0.05) is 6.92 Å². The van der Waals surface area contributed by atoms with Crippen LogP contribution in [-0.4, -0.2) is 19.1 Å². The topological polar surface area (TPSA) is 52.3 Å². The first kappa shape index (κ1) is 8.43. The molecule has 3 heteroatoms. The smallest absolute Gasteiger partial charge is 0.302 e. The zero-order valence-electron chi connectivity index (χ0n) is 5.72. The molecule has 0 bridgehead atoms. The van der Waals surface area contributed by atoms with Crippen molar-refractivity contribution in [1.82, 2.24) is 0 Å². The molecule has 0 saturated carbocycles. The van der Waals surface area contributed by atoms with E-state index < -0.39 is 0 Å². The number of rotatable bonds is 4. The van der Waals surface area contributed by atoms with Crippen LogP contribution in [0.1, 0.15) is 19.8 Å². The number of nitrogens with two attached hydrogens (primary N) is 1. The predicted octanol–water partition coefficient (Wildman–Crippen LogP) is 0.288. The molecule has 9 heavy (non-hydrogen) atoms. The maximum atomic E-state index is 10.2. The van der Waals surface area contributed by atoms with Gasteiger partial charge in [-0.05, 0) is 19.4 Å². The number of hydrogen-bond acceptors (Lipinski definition) is 3. The summed E-state index contributed by atoms with van der Waals surface area (Å²) in [4.78, 5) is 10.2. The number of carbonyl (C=O) groups is 1. The molecule has 0 amide bonds. The first-order chi connectivity index (χ1) is 4.27. The molecule has 0 aliphatic rings. The monoisotopic (exact) mass is 131 g/mol. The van der Waals surface area contributed by atoms with Gasteiger partial charge in [0.1, 0.15) is 0 Å².